The van der Waals surface area contributed by atoms with E-state index in [2.05, 4.69) is 6.07 Å². The highest BCUT2D eigenvalue weighted by molar-refractivity contribution is 5.85. The van der Waals surface area contributed by atoms with E-state index in [1.54, 1.807) is 12.1 Å². The minimum atomic E-state index is -0.374. The first-order chi connectivity index (χ1) is 7.93. The van der Waals surface area contributed by atoms with E-state index in [9.17, 15) is 4.79 Å². The van der Waals surface area contributed by atoms with Crippen molar-refractivity contribution in [3.8, 4) is 11.8 Å². The quantitative estimate of drug-likeness (QED) is 0.800. The van der Waals surface area contributed by atoms with Gasteiger partial charge in [0, 0.05) is 5.41 Å². The first-order valence-electron chi connectivity index (χ1n) is 5.55. The monoisotopic (exact) mass is 231 g/mol. The molecular weight excluding hydrogens is 214 g/mol. The van der Waals surface area contributed by atoms with E-state index in [0.29, 0.717) is 12.2 Å². The molecule has 0 saturated heterocycles. The lowest BCUT2D eigenvalue weighted by atomic mass is 9.91. The highest BCUT2D eigenvalue weighted by Crippen LogP contribution is 2.17. The van der Waals surface area contributed by atoms with Gasteiger partial charge in [-0.25, -0.2) is 0 Å². The van der Waals surface area contributed by atoms with Gasteiger partial charge in [0.05, 0.1) is 12.5 Å². The topological polar surface area (TPSA) is 50.1 Å². The molecule has 0 amide bonds. The number of benzene rings is 1. The highest BCUT2D eigenvalue weighted by Gasteiger charge is 2.21. The fourth-order valence-electron chi connectivity index (χ4n) is 1.16. The van der Waals surface area contributed by atoms with Crippen LogP contribution in [0.1, 0.15) is 26.3 Å². The van der Waals surface area contributed by atoms with Gasteiger partial charge in [-0.3, -0.25) is 4.79 Å². The van der Waals surface area contributed by atoms with E-state index in [-0.39, 0.29) is 17.8 Å². The van der Waals surface area contributed by atoms with Crippen LogP contribution in [0.15, 0.2) is 24.3 Å². The molecule has 0 heterocycles. The van der Waals surface area contributed by atoms with Crippen molar-refractivity contribution in [3.63, 3.8) is 0 Å². The SMILES string of the molecule is CC(C)(C)C(=O)COc1ccc(CC#N)cc1. The zero-order valence-electron chi connectivity index (χ0n) is 10.5. The molecule has 1 aromatic rings. The van der Waals surface area contributed by atoms with Gasteiger partial charge in [0.15, 0.2) is 5.78 Å². The third-order valence-electron chi connectivity index (χ3n) is 2.41. The summed E-state index contributed by atoms with van der Waals surface area (Å²) in [7, 11) is 0. The summed E-state index contributed by atoms with van der Waals surface area (Å²) in [6.45, 7) is 5.69. The maximum Gasteiger partial charge on any atom is 0.175 e. The van der Waals surface area contributed by atoms with Crippen LogP contribution in [-0.2, 0) is 11.2 Å². The summed E-state index contributed by atoms with van der Waals surface area (Å²) in [4.78, 5) is 11.6. The number of ether oxygens (including phenoxy) is 1. The molecule has 0 unspecified atom stereocenters. The van der Waals surface area contributed by atoms with Gasteiger partial charge in [-0.2, -0.15) is 5.26 Å². The molecule has 90 valence electrons. The number of Topliss-reactive ketones (excluding diaryl/α,β-unsaturated/α-hetero) is 1. The van der Waals surface area contributed by atoms with Crippen LogP contribution < -0.4 is 4.74 Å². The highest BCUT2D eigenvalue weighted by atomic mass is 16.5. The smallest absolute Gasteiger partial charge is 0.175 e. The molecule has 0 bridgehead atoms. The predicted octanol–water partition coefficient (Wildman–Crippen LogP) is 2.75. The fraction of sp³-hybridized carbons (Fsp3) is 0.429. The van der Waals surface area contributed by atoms with Crippen molar-refractivity contribution in [2.45, 2.75) is 27.2 Å². The Kier molecular flexibility index (Phi) is 4.28. The Hall–Kier alpha value is -1.82. The van der Waals surface area contributed by atoms with E-state index in [1.807, 2.05) is 32.9 Å². The molecule has 17 heavy (non-hydrogen) atoms. The minimum absolute atomic E-state index is 0.0681. The third kappa shape index (κ3) is 4.28. The molecule has 0 aliphatic carbocycles. The first kappa shape index (κ1) is 13.2. The summed E-state index contributed by atoms with van der Waals surface area (Å²) in [5, 5.41) is 8.53. The lowest BCUT2D eigenvalue weighted by Gasteiger charge is -2.16. The second kappa shape index (κ2) is 5.49. The molecule has 0 saturated carbocycles. The molecule has 3 nitrogen and oxygen atoms in total. The Morgan fingerprint density at radius 1 is 1.29 bits per heavy atom. The number of nitrogens with zero attached hydrogens (tertiary/aromatic N) is 1. The molecule has 0 fully saturated rings. The van der Waals surface area contributed by atoms with Gasteiger partial charge < -0.3 is 4.74 Å². The Balaban J connectivity index is 2.54. The van der Waals surface area contributed by atoms with Crippen LogP contribution in [0.25, 0.3) is 0 Å². The fourth-order valence-corrected chi connectivity index (χ4v) is 1.16. The van der Waals surface area contributed by atoms with Crippen molar-refractivity contribution in [1.29, 1.82) is 5.26 Å². The molecule has 0 aliphatic heterocycles. The van der Waals surface area contributed by atoms with Crippen LogP contribution in [0.4, 0.5) is 0 Å². The number of nitriles is 1. The molecule has 1 aromatic carbocycles. The molecule has 0 spiro atoms. The Labute approximate surface area is 102 Å². The van der Waals surface area contributed by atoms with Crippen molar-refractivity contribution in [2.75, 3.05) is 6.61 Å². The molecule has 0 N–H and O–H groups in total. The maximum absolute atomic E-state index is 11.6. The van der Waals surface area contributed by atoms with E-state index >= 15 is 0 Å². The summed E-state index contributed by atoms with van der Waals surface area (Å²) in [6.07, 6.45) is 0.390. The van der Waals surface area contributed by atoms with E-state index in [0.717, 1.165) is 5.56 Å². The number of hydrogen-bond donors (Lipinski definition) is 0. The summed E-state index contributed by atoms with van der Waals surface area (Å²) < 4.78 is 5.39. The largest absolute Gasteiger partial charge is 0.486 e. The van der Waals surface area contributed by atoms with Gasteiger partial charge in [-0.05, 0) is 17.7 Å². The lowest BCUT2D eigenvalue weighted by molar-refractivity contribution is -0.128. The van der Waals surface area contributed by atoms with Crippen molar-refractivity contribution in [3.05, 3.63) is 29.8 Å². The van der Waals surface area contributed by atoms with E-state index < -0.39 is 0 Å². The molecule has 0 radical (unpaired) electrons. The maximum atomic E-state index is 11.6. The number of ketones is 1. The molecule has 1 rings (SSSR count). The third-order valence-corrected chi connectivity index (χ3v) is 2.41. The Bertz CT molecular complexity index is 421. The Morgan fingerprint density at radius 2 is 1.88 bits per heavy atom. The standard InChI is InChI=1S/C14H17NO2/c1-14(2,3)13(16)10-17-12-6-4-11(5-7-12)8-9-15/h4-7H,8,10H2,1-3H3. The van der Waals surface area contributed by atoms with Crippen molar-refractivity contribution >= 4 is 5.78 Å². The van der Waals surface area contributed by atoms with E-state index in [1.165, 1.54) is 0 Å². The summed E-state index contributed by atoms with van der Waals surface area (Å²) >= 11 is 0. The van der Waals surface area contributed by atoms with Gasteiger partial charge in [0.25, 0.3) is 0 Å². The van der Waals surface area contributed by atoms with Crippen LogP contribution in [0.3, 0.4) is 0 Å². The number of hydrogen-bond acceptors (Lipinski definition) is 3. The summed E-state index contributed by atoms with van der Waals surface area (Å²) in [5.41, 5.74) is 0.572. The zero-order valence-corrected chi connectivity index (χ0v) is 10.5. The van der Waals surface area contributed by atoms with Gasteiger partial charge >= 0.3 is 0 Å². The van der Waals surface area contributed by atoms with Crippen molar-refractivity contribution in [1.82, 2.24) is 0 Å². The number of carbonyl (C=O) groups excluding carboxylic acids is 1. The minimum Gasteiger partial charge on any atom is -0.486 e. The van der Waals surface area contributed by atoms with Gasteiger partial charge in [0.2, 0.25) is 0 Å². The predicted molar refractivity (Wildman–Crippen MR) is 65.7 cm³/mol. The first-order valence-corrected chi connectivity index (χ1v) is 5.55. The Morgan fingerprint density at radius 3 is 2.35 bits per heavy atom. The van der Waals surface area contributed by atoms with Crippen LogP contribution in [-0.4, -0.2) is 12.4 Å². The van der Waals surface area contributed by atoms with Gasteiger partial charge in [-0.15, -0.1) is 0 Å². The average Bonchev–Trinajstić information content (AvgIpc) is 2.27. The lowest BCUT2D eigenvalue weighted by Crippen LogP contribution is -2.26. The molecule has 0 aromatic heterocycles. The zero-order chi connectivity index (χ0) is 12.9. The normalized spacial score (nSPS) is 10.7. The molecular formula is C14H17NO2. The second-order valence-corrected chi connectivity index (χ2v) is 4.94. The van der Waals surface area contributed by atoms with Crippen LogP contribution in [0.5, 0.6) is 5.75 Å². The van der Waals surface area contributed by atoms with E-state index in [4.69, 9.17) is 10.00 Å². The summed E-state index contributed by atoms with van der Waals surface area (Å²) in [5.74, 6) is 0.725. The second-order valence-electron chi connectivity index (χ2n) is 4.94. The van der Waals surface area contributed by atoms with Gasteiger partial charge in [-0.1, -0.05) is 32.9 Å². The number of carbonyl (C=O) groups is 1. The molecule has 0 aliphatic rings. The molecule has 0 atom stereocenters. The summed E-state index contributed by atoms with van der Waals surface area (Å²) in [6, 6.07) is 9.31. The molecule has 3 heteroatoms. The van der Waals surface area contributed by atoms with Crippen LogP contribution in [0, 0.1) is 16.7 Å². The average molecular weight is 231 g/mol. The number of rotatable bonds is 4. The van der Waals surface area contributed by atoms with Crippen LogP contribution >= 0.6 is 0 Å². The van der Waals surface area contributed by atoms with Crippen molar-refractivity contribution < 1.29 is 9.53 Å². The van der Waals surface area contributed by atoms with Crippen LogP contribution in [0.2, 0.25) is 0 Å². The van der Waals surface area contributed by atoms with Crippen molar-refractivity contribution in [2.24, 2.45) is 5.41 Å². The van der Waals surface area contributed by atoms with Gasteiger partial charge in [0.1, 0.15) is 12.4 Å².